The second-order valence-electron chi connectivity index (χ2n) is 6.82. The maximum atomic E-state index is 12.7. The minimum atomic E-state index is -0.399. The number of carbonyl (C=O) groups is 1. The van der Waals surface area contributed by atoms with Crippen molar-refractivity contribution in [3.8, 4) is 16.9 Å². The van der Waals surface area contributed by atoms with Gasteiger partial charge in [0.25, 0.3) is 0 Å². The molecule has 0 bridgehead atoms. The maximum Gasteiger partial charge on any atom is 0.239 e. The van der Waals surface area contributed by atoms with Gasteiger partial charge in [0.1, 0.15) is 0 Å². The minimum absolute atomic E-state index is 0.149. The summed E-state index contributed by atoms with van der Waals surface area (Å²) < 4.78 is 1.67. The van der Waals surface area contributed by atoms with Crippen LogP contribution in [0.15, 0.2) is 59.1 Å². The van der Waals surface area contributed by atoms with Gasteiger partial charge in [-0.25, -0.2) is 4.98 Å². The fraction of sp³-hybridized carbons (Fsp3) is 0.190. The summed E-state index contributed by atoms with van der Waals surface area (Å²) in [4.78, 5) is 17.2. The Bertz CT molecular complexity index is 1170. The van der Waals surface area contributed by atoms with Crippen molar-refractivity contribution < 1.29 is 4.79 Å². The van der Waals surface area contributed by atoms with Gasteiger partial charge < -0.3 is 5.32 Å². The average Bonchev–Trinajstić information content (AvgIpc) is 3.40. The van der Waals surface area contributed by atoms with Gasteiger partial charge >= 0.3 is 0 Å². The number of rotatable bonds is 6. The molecule has 0 saturated heterocycles. The number of hydrogen-bond donors (Lipinski definition) is 1. The standard InChI is InChI=1S/C21H20N6OS2/c1-13-9-10-14(2)18(11-13)27-21(24-25-26-27)30-15(3)19(28)23-20-22-17(12-29-20)16-7-5-4-6-8-16/h4-12,15H,1-3H3,(H,22,23,28)/t15-/m1/s1. The lowest BCUT2D eigenvalue weighted by Crippen LogP contribution is -2.22. The molecule has 1 amide bonds. The molecule has 0 saturated carbocycles. The molecule has 4 rings (SSSR count). The Balaban J connectivity index is 1.46. The van der Waals surface area contributed by atoms with Crippen LogP contribution in [0.2, 0.25) is 0 Å². The molecule has 2 aromatic carbocycles. The average molecular weight is 437 g/mol. The number of thioether (sulfide) groups is 1. The van der Waals surface area contributed by atoms with Crippen molar-refractivity contribution in [2.75, 3.05) is 5.32 Å². The maximum absolute atomic E-state index is 12.7. The summed E-state index contributed by atoms with van der Waals surface area (Å²) in [6.45, 7) is 5.86. The molecule has 30 heavy (non-hydrogen) atoms. The smallest absolute Gasteiger partial charge is 0.239 e. The highest BCUT2D eigenvalue weighted by Crippen LogP contribution is 2.28. The molecule has 1 atom stereocenters. The number of carbonyl (C=O) groups excluding carboxylic acids is 1. The fourth-order valence-corrected chi connectivity index (χ4v) is 4.37. The van der Waals surface area contributed by atoms with Crippen LogP contribution >= 0.6 is 23.1 Å². The Morgan fingerprint density at radius 2 is 1.97 bits per heavy atom. The zero-order chi connectivity index (χ0) is 21.1. The van der Waals surface area contributed by atoms with Gasteiger partial charge in [0.15, 0.2) is 5.13 Å². The highest BCUT2D eigenvalue weighted by Gasteiger charge is 2.21. The molecule has 2 aromatic heterocycles. The van der Waals surface area contributed by atoms with Crippen LogP contribution in [0.1, 0.15) is 18.1 Å². The number of hydrogen-bond acceptors (Lipinski definition) is 7. The van der Waals surface area contributed by atoms with Crippen LogP contribution in [0.25, 0.3) is 16.9 Å². The third kappa shape index (κ3) is 4.42. The van der Waals surface area contributed by atoms with Gasteiger partial charge in [-0.3, -0.25) is 4.79 Å². The molecule has 152 valence electrons. The van der Waals surface area contributed by atoms with E-state index < -0.39 is 5.25 Å². The topological polar surface area (TPSA) is 85.6 Å². The molecule has 0 aliphatic rings. The van der Waals surface area contributed by atoms with E-state index in [0.717, 1.165) is 28.1 Å². The second-order valence-corrected chi connectivity index (χ2v) is 8.98. The number of thiazole rings is 1. The van der Waals surface area contributed by atoms with Crippen LogP contribution < -0.4 is 5.32 Å². The summed E-state index contributed by atoms with van der Waals surface area (Å²) in [5, 5.41) is 17.6. The summed E-state index contributed by atoms with van der Waals surface area (Å²) in [5.74, 6) is -0.149. The van der Waals surface area contributed by atoms with Crippen molar-refractivity contribution in [3.63, 3.8) is 0 Å². The van der Waals surface area contributed by atoms with Crippen molar-refractivity contribution in [1.82, 2.24) is 25.2 Å². The van der Waals surface area contributed by atoms with Crippen molar-refractivity contribution in [2.45, 2.75) is 31.2 Å². The Hall–Kier alpha value is -3.04. The lowest BCUT2D eigenvalue weighted by molar-refractivity contribution is -0.115. The second kappa shape index (κ2) is 8.76. The van der Waals surface area contributed by atoms with Crippen molar-refractivity contribution in [1.29, 1.82) is 0 Å². The first-order valence-electron chi connectivity index (χ1n) is 9.36. The lowest BCUT2D eigenvalue weighted by atomic mass is 10.1. The highest BCUT2D eigenvalue weighted by atomic mass is 32.2. The zero-order valence-corrected chi connectivity index (χ0v) is 18.4. The van der Waals surface area contributed by atoms with E-state index in [9.17, 15) is 4.79 Å². The van der Waals surface area contributed by atoms with E-state index in [4.69, 9.17) is 0 Å². The summed E-state index contributed by atoms with van der Waals surface area (Å²) in [6.07, 6.45) is 0. The van der Waals surface area contributed by atoms with Crippen LogP contribution in [0.5, 0.6) is 0 Å². The molecule has 4 aromatic rings. The zero-order valence-electron chi connectivity index (χ0n) is 16.7. The van der Waals surface area contributed by atoms with E-state index in [1.165, 1.54) is 23.1 Å². The van der Waals surface area contributed by atoms with E-state index >= 15 is 0 Å². The molecule has 0 spiro atoms. The highest BCUT2D eigenvalue weighted by molar-refractivity contribution is 8.00. The van der Waals surface area contributed by atoms with Gasteiger partial charge in [-0.2, -0.15) is 4.68 Å². The van der Waals surface area contributed by atoms with E-state index in [1.54, 1.807) is 4.68 Å². The molecule has 0 aliphatic carbocycles. The monoisotopic (exact) mass is 436 g/mol. The normalized spacial score (nSPS) is 12.0. The number of benzene rings is 2. The fourth-order valence-electron chi connectivity index (χ4n) is 2.84. The van der Waals surface area contributed by atoms with E-state index in [2.05, 4.69) is 25.8 Å². The first kappa shape index (κ1) is 20.2. The molecule has 0 aliphatic heterocycles. The van der Waals surface area contributed by atoms with Crippen LogP contribution in [0.4, 0.5) is 5.13 Å². The predicted octanol–water partition coefficient (Wildman–Crippen LogP) is 4.52. The van der Waals surface area contributed by atoms with E-state index in [0.29, 0.717) is 10.3 Å². The number of aryl methyl sites for hydroxylation is 2. The molecule has 0 fully saturated rings. The summed E-state index contributed by atoms with van der Waals surface area (Å²) >= 11 is 2.71. The Morgan fingerprint density at radius 3 is 2.77 bits per heavy atom. The number of tetrazole rings is 1. The largest absolute Gasteiger partial charge is 0.301 e. The van der Waals surface area contributed by atoms with Crippen LogP contribution in [0.3, 0.4) is 0 Å². The molecule has 2 heterocycles. The number of aromatic nitrogens is 5. The van der Waals surface area contributed by atoms with Crippen molar-refractivity contribution >= 4 is 34.1 Å². The minimum Gasteiger partial charge on any atom is -0.301 e. The van der Waals surface area contributed by atoms with Crippen LogP contribution in [0, 0.1) is 13.8 Å². The van der Waals surface area contributed by atoms with Crippen LogP contribution in [-0.2, 0) is 4.79 Å². The van der Waals surface area contributed by atoms with Gasteiger partial charge in [-0.1, -0.05) is 54.2 Å². The van der Waals surface area contributed by atoms with Gasteiger partial charge in [0, 0.05) is 10.9 Å². The van der Waals surface area contributed by atoms with E-state index in [1.807, 2.05) is 74.7 Å². The summed E-state index contributed by atoms with van der Waals surface area (Å²) in [7, 11) is 0. The first-order valence-corrected chi connectivity index (χ1v) is 11.1. The Labute approximate surface area is 182 Å². The Kier molecular flexibility index (Phi) is 5.91. The molecular weight excluding hydrogens is 416 g/mol. The first-order chi connectivity index (χ1) is 14.5. The number of nitrogens with one attached hydrogen (secondary N) is 1. The van der Waals surface area contributed by atoms with Crippen molar-refractivity contribution in [3.05, 3.63) is 65.0 Å². The summed E-state index contributed by atoms with van der Waals surface area (Å²) in [5.41, 5.74) is 4.94. The molecule has 7 nitrogen and oxygen atoms in total. The SMILES string of the molecule is Cc1ccc(C)c(-n2nnnc2S[C@H](C)C(=O)Nc2nc(-c3ccccc3)cs2)c1. The quantitative estimate of drug-likeness (QED) is 0.447. The Morgan fingerprint density at radius 1 is 1.17 bits per heavy atom. The van der Waals surface area contributed by atoms with Gasteiger partial charge in [0.2, 0.25) is 11.1 Å². The number of nitrogens with zero attached hydrogens (tertiary/aromatic N) is 5. The van der Waals surface area contributed by atoms with E-state index in [-0.39, 0.29) is 5.91 Å². The molecule has 0 unspecified atom stereocenters. The molecule has 1 N–H and O–H groups in total. The molecular formula is C21H20N6OS2. The lowest BCUT2D eigenvalue weighted by Gasteiger charge is -2.12. The van der Waals surface area contributed by atoms with Gasteiger partial charge in [0.05, 0.1) is 16.6 Å². The van der Waals surface area contributed by atoms with Gasteiger partial charge in [-0.15, -0.1) is 16.4 Å². The van der Waals surface area contributed by atoms with Crippen LogP contribution in [-0.4, -0.2) is 36.3 Å². The third-order valence-electron chi connectivity index (χ3n) is 4.49. The number of anilines is 1. The predicted molar refractivity (Wildman–Crippen MR) is 120 cm³/mol. The number of amides is 1. The third-order valence-corrected chi connectivity index (χ3v) is 6.28. The van der Waals surface area contributed by atoms with Crippen molar-refractivity contribution in [2.24, 2.45) is 0 Å². The molecule has 0 radical (unpaired) electrons. The summed E-state index contributed by atoms with van der Waals surface area (Å²) in [6, 6.07) is 16.0. The van der Waals surface area contributed by atoms with Gasteiger partial charge in [-0.05, 0) is 48.4 Å². The molecule has 9 heteroatoms.